The van der Waals surface area contributed by atoms with Crippen molar-refractivity contribution in [3.63, 3.8) is 0 Å². The monoisotopic (exact) mass is 437 g/mol. The van der Waals surface area contributed by atoms with Gasteiger partial charge in [-0.2, -0.15) is 5.10 Å². The third-order valence-electron chi connectivity index (χ3n) is 5.41. The summed E-state index contributed by atoms with van der Waals surface area (Å²) in [4.78, 5) is 38.5. The van der Waals surface area contributed by atoms with E-state index in [4.69, 9.17) is 4.74 Å². The van der Waals surface area contributed by atoms with Crippen molar-refractivity contribution in [2.45, 2.75) is 6.61 Å². The van der Waals surface area contributed by atoms with Gasteiger partial charge in [0.05, 0.1) is 22.5 Å². The maximum absolute atomic E-state index is 12.5. The van der Waals surface area contributed by atoms with Gasteiger partial charge in [0.25, 0.3) is 11.8 Å². The number of hydrogen-bond acceptors (Lipinski definition) is 5. The summed E-state index contributed by atoms with van der Waals surface area (Å²) in [6, 6.07) is 25.7. The summed E-state index contributed by atoms with van der Waals surface area (Å²) in [5.74, 6) is -1.65. The van der Waals surface area contributed by atoms with E-state index in [-0.39, 0.29) is 6.61 Å². The molecule has 4 aromatic rings. The number of para-hydroxylation sites is 1. The Kier molecular flexibility index (Phi) is 5.28. The van der Waals surface area contributed by atoms with E-state index in [1.807, 2.05) is 66.9 Å². The van der Waals surface area contributed by atoms with Gasteiger partial charge in [-0.15, -0.1) is 0 Å². The molecule has 1 aliphatic heterocycles. The highest BCUT2D eigenvalue weighted by molar-refractivity contribution is 6.22. The average molecular weight is 437 g/mol. The first kappa shape index (κ1) is 20.4. The van der Waals surface area contributed by atoms with Gasteiger partial charge < -0.3 is 4.74 Å². The van der Waals surface area contributed by atoms with E-state index < -0.39 is 24.3 Å². The third-order valence-corrected chi connectivity index (χ3v) is 5.41. The van der Waals surface area contributed by atoms with Crippen LogP contribution in [-0.4, -0.2) is 39.0 Å². The second kappa shape index (κ2) is 8.55. The standard InChI is InChI=1S/C26H19N3O4/c30-23(16-28-25(31)21-13-7-8-14-22(21)26(28)32)33-17-19-15-29(20-11-5-2-6-12-20)27-24(19)18-9-3-1-4-10-18/h1-15H,16-17H2. The van der Waals surface area contributed by atoms with Crippen LogP contribution in [0.4, 0.5) is 0 Å². The molecule has 7 heteroatoms. The zero-order chi connectivity index (χ0) is 22.8. The molecule has 2 amide bonds. The Bertz CT molecular complexity index is 1310. The molecule has 33 heavy (non-hydrogen) atoms. The molecule has 0 radical (unpaired) electrons. The normalized spacial score (nSPS) is 12.7. The summed E-state index contributed by atoms with van der Waals surface area (Å²) in [6.07, 6.45) is 1.81. The number of rotatable bonds is 6. The predicted octanol–water partition coefficient (Wildman–Crippen LogP) is 3.88. The van der Waals surface area contributed by atoms with Crippen molar-refractivity contribution in [2.24, 2.45) is 0 Å². The molecule has 0 atom stereocenters. The maximum Gasteiger partial charge on any atom is 0.326 e. The van der Waals surface area contributed by atoms with Crippen molar-refractivity contribution in [3.05, 3.63) is 108 Å². The summed E-state index contributed by atoms with van der Waals surface area (Å²) in [5.41, 5.74) is 3.75. The molecule has 1 aliphatic rings. The fourth-order valence-corrected chi connectivity index (χ4v) is 3.78. The number of carbonyl (C=O) groups excluding carboxylic acids is 3. The molecule has 5 rings (SSSR count). The van der Waals surface area contributed by atoms with Crippen LogP contribution in [-0.2, 0) is 16.1 Å². The molecule has 0 fully saturated rings. The lowest BCUT2D eigenvalue weighted by Gasteiger charge is -2.13. The van der Waals surface area contributed by atoms with Gasteiger partial charge >= 0.3 is 5.97 Å². The lowest BCUT2D eigenvalue weighted by atomic mass is 10.1. The summed E-state index contributed by atoms with van der Waals surface area (Å²) < 4.78 is 7.19. The van der Waals surface area contributed by atoms with Crippen molar-refractivity contribution in [3.8, 4) is 16.9 Å². The minimum absolute atomic E-state index is 0.0426. The maximum atomic E-state index is 12.5. The fraction of sp³-hybridized carbons (Fsp3) is 0.0769. The number of aromatic nitrogens is 2. The lowest BCUT2D eigenvalue weighted by Crippen LogP contribution is -2.35. The number of nitrogens with zero attached hydrogens (tertiary/aromatic N) is 3. The first-order valence-electron chi connectivity index (χ1n) is 10.4. The Balaban J connectivity index is 1.34. The van der Waals surface area contributed by atoms with E-state index in [0.717, 1.165) is 16.2 Å². The molecule has 0 aliphatic carbocycles. The molecule has 0 unspecified atom stereocenters. The van der Waals surface area contributed by atoms with Crippen LogP contribution in [0, 0.1) is 0 Å². The number of esters is 1. The Morgan fingerprint density at radius 3 is 2.00 bits per heavy atom. The third kappa shape index (κ3) is 3.92. The van der Waals surface area contributed by atoms with E-state index in [9.17, 15) is 14.4 Å². The number of benzene rings is 3. The fourth-order valence-electron chi connectivity index (χ4n) is 3.78. The summed E-state index contributed by atoms with van der Waals surface area (Å²) in [6.45, 7) is -0.487. The van der Waals surface area contributed by atoms with Crippen LogP contribution < -0.4 is 0 Å². The van der Waals surface area contributed by atoms with Gasteiger partial charge in [0.2, 0.25) is 0 Å². The van der Waals surface area contributed by atoms with E-state index in [0.29, 0.717) is 22.4 Å². The second-order valence-electron chi connectivity index (χ2n) is 7.55. The molecular formula is C26H19N3O4. The van der Waals surface area contributed by atoms with Crippen LogP contribution in [0.5, 0.6) is 0 Å². The zero-order valence-electron chi connectivity index (χ0n) is 17.5. The van der Waals surface area contributed by atoms with Crippen LogP contribution in [0.2, 0.25) is 0 Å². The van der Waals surface area contributed by atoms with Gasteiger partial charge in [0.1, 0.15) is 13.2 Å². The van der Waals surface area contributed by atoms with Gasteiger partial charge in [-0.1, -0.05) is 60.7 Å². The highest BCUT2D eigenvalue weighted by atomic mass is 16.5. The second-order valence-corrected chi connectivity index (χ2v) is 7.55. The summed E-state index contributed by atoms with van der Waals surface area (Å²) in [5, 5.41) is 4.69. The van der Waals surface area contributed by atoms with E-state index in [2.05, 4.69) is 5.10 Å². The van der Waals surface area contributed by atoms with Crippen molar-refractivity contribution < 1.29 is 19.1 Å². The highest BCUT2D eigenvalue weighted by Gasteiger charge is 2.36. The molecule has 2 heterocycles. The quantitative estimate of drug-likeness (QED) is 0.338. The van der Waals surface area contributed by atoms with Crippen LogP contribution in [0.1, 0.15) is 26.3 Å². The molecule has 0 spiro atoms. The van der Waals surface area contributed by atoms with Gasteiger partial charge in [-0.05, 0) is 24.3 Å². The topological polar surface area (TPSA) is 81.5 Å². The largest absolute Gasteiger partial charge is 0.459 e. The Morgan fingerprint density at radius 1 is 0.788 bits per heavy atom. The van der Waals surface area contributed by atoms with Crippen LogP contribution in [0.3, 0.4) is 0 Å². The number of imide groups is 1. The van der Waals surface area contributed by atoms with Gasteiger partial charge in [-0.25, -0.2) is 4.68 Å². The molecular weight excluding hydrogens is 418 g/mol. The number of fused-ring (bicyclic) bond motifs is 1. The van der Waals surface area contributed by atoms with Crippen LogP contribution in [0.25, 0.3) is 16.9 Å². The first-order valence-corrected chi connectivity index (χ1v) is 10.4. The molecule has 3 aromatic carbocycles. The Labute approximate surface area is 189 Å². The number of carbonyl (C=O) groups is 3. The summed E-state index contributed by atoms with van der Waals surface area (Å²) in [7, 11) is 0. The minimum atomic E-state index is -0.670. The van der Waals surface area contributed by atoms with Crippen molar-refractivity contribution >= 4 is 17.8 Å². The molecule has 0 saturated carbocycles. The van der Waals surface area contributed by atoms with Crippen molar-refractivity contribution in [1.29, 1.82) is 0 Å². The van der Waals surface area contributed by atoms with Gasteiger partial charge in [0.15, 0.2) is 0 Å². The average Bonchev–Trinajstić information content (AvgIpc) is 3.40. The number of ether oxygens (including phenoxy) is 1. The van der Waals surface area contributed by atoms with Crippen molar-refractivity contribution in [2.75, 3.05) is 6.54 Å². The number of amides is 2. The predicted molar refractivity (Wildman–Crippen MR) is 121 cm³/mol. The van der Waals surface area contributed by atoms with Crippen LogP contribution >= 0.6 is 0 Å². The molecule has 0 N–H and O–H groups in total. The number of hydrogen-bond donors (Lipinski definition) is 0. The lowest BCUT2D eigenvalue weighted by molar-refractivity contribution is -0.145. The SMILES string of the molecule is O=C(CN1C(=O)c2ccccc2C1=O)OCc1cn(-c2ccccc2)nc1-c1ccccc1. The first-order chi connectivity index (χ1) is 16.1. The summed E-state index contributed by atoms with van der Waals surface area (Å²) >= 11 is 0. The zero-order valence-corrected chi connectivity index (χ0v) is 17.5. The molecule has 1 aromatic heterocycles. The van der Waals surface area contributed by atoms with E-state index in [1.165, 1.54) is 0 Å². The van der Waals surface area contributed by atoms with Gasteiger partial charge in [-0.3, -0.25) is 19.3 Å². The highest BCUT2D eigenvalue weighted by Crippen LogP contribution is 2.25. The van der Waals surface area contributed by atoms with Crippen LogP contribution in [0.15, 0.2) is 91.1 Å². The molecule has 0 saturated heterocycles. The van der Waals surface area contributed by atoms with Gasteiger partial charge in [0, 0.05) is 17.3 Å². The molecule has 162 valence electrons. The van der Waals surface area contributed by atoms with E-state index in [1.54, 1.807) is 28.9 Å². The molecule has 0 bridgehead atoms. The van der Waals surface area contributed by atoms with Crippen molar-refractivity contribution in [1.82, 2.24) is 14.7 Å². The minimum Gasteiger partial charge on any atom is -0.459 e. The molecule has 7 nitrogen and oxygen atoms in total. The smallest absolute Gasteiger partial charge is 0.326 e. The Hall–Kier alpha value is -4.52. The Morgan fingerprint density at radius 2 is 1.36 bits per heavy atom. The van der Waals surface area contributed by atoms with E-state index >= 15 is 0 Å².